The largest absolute Gasteiger partial charge is 0.455 e. The first-order valence-corrected chi connectivity index (χ1v) is 20.0. The van der Waals surface area contributed by atoms with Crippen molar-refractivity contribution in [1.82, 2.24) is 5.32 Å². The van der Waals surface area contributed by atoms with Gasteiger partial charge in [-0.2, -0.15) is 0 Å². The van der Waals surface area contributed by atoms with Crippen LogP contribution in [0.3, 0.4) is 0 Å². The molecular weight excluding hydrogens is 604 g/mol. The summed E-state index contributed by atoms with van der Waals surface area (Å²) in [5.74, 6) is -0.233. The lowest BCUT2D eigenvalue weighted by atomic mass is 10.0. The van der Waals surface area contributed by atoms with Gasteiger partial charge in [0.05, 0.1) is 12.7 Å². The van der Waals surface area contributed by atoms with E-state index in [1.165, 1.54) is 135 Å². The van der Waals surface area contributed by atoms with Gasteiger partial charge in [-0.1, -0.05) is 180 Å². The molecule has 3 unspecified atom stereocenters. The van der Waals surface area contributed by atoms with Crippen LogP contribution in [-0.4, -0.2) is 60.3 Å². The summed E-state index contributed by atoms with van der Waals surface area (Å²) in [5.41, 5.74) is 4.78. The molecule has 0 rings (SSSR count). The van der Waals surface area contributed by atoms with Crippen molar-refractivity contribution in [3.05, 3.63) is 12.2 Å². The molecule has 8 nitrogen and oxygen atoms in total. The van der Waals surface area contributed by atoms with Gasteiger partial charge in [0.25, 0.3) is 6.47 Å². The van der Waals surface area contributed by atoms with Gasteiger partial charge in [-0.3, -0.25) is 14.4 Å². The predicted octanol–water partition coefficient (Wildman–Crippen LogP) is 9.03. The molecule has 0 bridgehead atoms. The minimum Gasteiger partial charge on any atom is -0.455 e. The SMILES string of the molecule is CCCCCCCCCCCCC/C=C/C(O)C(NC(=O)CCCCCCCCCCCCCCCCC)C(C=O)OC=O.NCCO. The fraction of sp³-hybridized carbons (Fsp3) is 0.875. The summed E-state index contributed by atoms with van der Waals surface area (Å²) < 4.78 is 4.87. The number of nitrogens with two attached hydrogens (primary N) is 1. The van der Waals surface area contributed by atoms with Gasteiger partial charge in [0.1, 0.15) is 6.04 Å². The van der Waals surface area contributed by atoms with Crippen LogP contribution in [-0.2, 0) is 19.1 Å². The number of rotatable bonds is 36. The van der Waals surface area contributed by atoms with Crippen LogP contribution in [0.5, 0.6) is 0 Å². The van der Waals surface area contributed by atoms with Crippen LogP contribution < -0.4 is 11.1 Å². The number of hydrogen-bond donors (Lipinski definition) is 4. The van der Waals surface area contributed by atoms with Crippen molar-refractivity contribution in [2.75, 3.05) is 13.2 Å². The third-order valence-corrected chi connectivity index (χ3v) is 8.84. The van der Waals surface area contributed by atoms with Gasteiger partial charge in [-0.05, 0) is 19.3 Å². The van der Waals surface area contributed by atoms with Crippen LogP contribution in [0.4, 0.5) is 0 Å². The molecule has 0 spiro atoms. The van der Waals surface area contributed by atoms with Gasteiger partial charge in [0.2, 0.25) is 5.91 Å². The van der Waals surface area contributed by atoms with E-state index in [0.717, 1.165) is 38.5 Å². The van der Waals surface area contributed by atoms with Crippen LogP contribution in [0, 0.1) is 0 Å². The molecule has 0 aromatic heterocycles. The highest BCUT2D eigenvalue weighted by Crippen LogP contribution is 2.15. The molecule has 284 valence electrons. The number of aldehydes is 1. The number of aliphatic hydroxyl groups excluding tert-OH is 2. The van der Waals surface area contributed by atoms with E-state index >= 15 is 0 Å². The molecule has 8 heteroatoms. The molecule has 0 aliphatic carbocycles. The summed E-state index contributed by atoms with van der Waals surface area (Å²) in [6.45, 7) is 5.17. The van der Waals surface area contributed by atoms with E-state index in [1.54, 1.807) is 6.08 Å². The number of ether oxygens (including phenoxy) is 1. The van der Waals surface area contributed by atoms with Crippen LogP contribution >= 0.6 is 0 Å². The van der Waals surface area contributed by atoms with Crippen LogP contribution in [0.2, 0.25) is 0 Å². The summed E-state index contributed by atoms with van der Waals surface area (Å²) >= 11 is 0. The fourth-order valence-corrected chi connectivity index (χ4v) is 5.82. The van der Waals surface area contributed by atoms with Gasteiger partial charge in [-0.25, -0.2) is 0 Å². The number of unbranched alkanes of at least 4 members (excludes halogenated alkanes) is 25. The highest BCUT2D eigenvalue weighted by atomic mass is 16.5. The van der Waals surface area contributed by atoms with Gasteiger partial charge >= 0.3 is 0 Å². The number of carbonyl (C=O) groups is 3. The highest BCUT2D eigenvalue weighted by molar-refractivity contribution is 5.77. The summed E-state index contributed by atoms with van der Waals surface area (Å²) in [4.78, 5) is 35.1. The molecule has 1 amide bonds. The number of amides is 1. The topological polar surface area (TPSA) is 139 Å². The van der Waals surface area contributed by atoms with E-state index in [0.29, 0.717) is 19.3 Å². The predicted molar refractivity (Wildman–Crippen MR) is 201 cm³/mol. The molecule has 0 aliphatic heterocycles. The Morgan fingerprint density at radius 2 is 1.04 bits per heavy atom. The molecular formula is C40H78N2O6. The lowest BCUT2D eigenvalue weighted by molar-refractivity contribution is -0.143. The van der Waals surface area contributed by atoms with E-state index in [9.17, 15) is 19.5 Å². The second-order valence-electron chi connectivity index (χ2n) is 13.4. The van der Waals surface area contributed by atoms with E-state index in [1.807, 2.05) is 6.08 Å². The minimum atomic E-state index is -1.22. The molecule has 0 aromatic rings. The Balaban J connectivity index is 0. The minimum absolute atomic E-state index is 0.0972. The zero-order valence-electron chi connectivity index (χ0n) is 31.4. The Hall–Kier alpha value is -1.77. The molecule has 0 heterocycles. The number of allylic oxidation sites excluding steroid dienone is 1. The van der Waals surface area contributed by atoms with Crippen molar-refractivity contribution < 1.29 is 29.3 Å². The molecule has 0 aliphatic rings. The lowest BCUT2D eigenvalue weighted by Gasteiger charge is -2.26. The van der Waals surface area contributed by atoms with Crippen molar-refractivity contribution in [3.8, 4) is 0 Å². The Morgan fingerprint density at radius 1 is 0.667 bits per heavy atom. The Kier molecular flexibility index (Phi) is 41.7. The summed E-state index contributed by atoms with van der Waals surface area (Å²) in [5, 5.41) is 21.2. The van der Waals surface area contributed by atoms with Crippen molar-refractivity contribution in [2.45, 2.75) is 212 Å². The Morgan fingerprint density at radius 3 is 1.40 bits per heavy atom. The highest BCUT2D eigenvalue weighted by Gasteiger charge is 2.29. The first-order valence-electron chi connectivity index (χ1n) is 20.0. The van der Waals surface area contributed by atoms with Crippen molar-refractivity contribution in [3.63, 3.8) is 0 Å². The smallest absolute Gasteiger partial charge is 0.293 e. The molecule has 5 N–H and O–H groups in total. The summed E-state index contributed by atoms with van der Waals surface area (Å²) in [7, 11) is 0. The van der Waals surface area contributed by atoms with Crippen molar-refractivity contribution >= 4 is 18.7 Å². The van der Waals surface area contributed by atoms with E-state index in [2.05, 4.69) is 19.2 Å². The number of aliphatic hydroxyl groups is 2. The van der Waals surface area contributed by atoms with Crippen molar-refractivity contribution in [2.24, 2.45) is 5.73 Å². The molecule has 0 aromatic carbocycles. The maximum Gasteiger partial charge on any atom is 0.293 e. The van der Waals surface area contributed by atoms with Gasteiger partial charge in [0, 0.05) is 13.0 Å². The average molecular weight is 683 g/mol. The first-order chi connectivity index (χ1) is 23.5. The quantitative estimate of drug-likeness (QED) is 0.0294. The second kappa shape index (κ2) is 41.4. The molecule has 3 atom stereocenters. The summed E-state index contributed by atoms with van der Waals surface area (Å²) in [6, 6.07) is -0.991. The lowest BCUT2D eigenvalue weighted by Crippen LogP contribution is -2.51. The van der Waals surface area contributed by atoms with Crippen molar-refractivity contribution in [1.29, 1.82) is 0 Å². The van der Waals surface area contributed by atoms with Gasteiger partial charge in [0.15, 0.2) is 12.4 Å². The molecule has 0 saturated carbocycles. The molecule has 0 radical (unpaired) electrons. The molecule has 48 heavy (non-hydrogen) atoms. The van der Waals surface area contributed by atoms with Crippen LogP contribution in [0.25, 0.3) is 0 Å². The third-order valence-electron chi connectivity index (χ3n) is 8.84. The zero-order chi connectivity index (χ0) is 35.8. The first kappa shape index (κ1) is 48.3. The molecule has 0 saturated heterocycles. The van der Waals surface area contributed by atoms with Gasteiger partial charge in [-0.15, -0.1) is 0 Å². The number of carbonyl (C=O) groups excluding carboxylic acids is 3. The normalized spacial score (nSPS) is 13.0. The monoisotopic (exact) mass is 683 g/mol. The standard InChI is InChI=1S/C38H71NO5.C2H7NO/c1-3-5-7-9-11-13-15-17-18-20-22-24-26-28-30-32-37(43)39-38(36(33-40)44-34-41)35(42)31-29-27-25-23-21-19-16-14-12-10-8-6-4-2;3-1-2-4/h29,31,33-36,38,42H,3-28,30,32H2,1-2H3,(H,39,43);4H,1-3H2/b31-29+;. The Bertz CT molecular complexity index is 703. The maximum atomic E-state index is 12.6. The zero-order valence-corrected chi connectivity index (χ0v) is 31.4. The average Bonchev–Trinajstić information content (AvgIpc) is 3.10. The fourth-order valence-electron chi connectivity index (χ4n) is 5.82. The third kappa shape index (κ3) is 35.5. The number of hydrogen-bond acceptors (Lipinski definition) is 7. The van der Waals surface area contributed by atoms with Crippen LogP contribution in [0.1, 0.15) is 194 Å². The van der Waals surface area contributed by atoms with Crippen LogP contribution in [0.15, 0.2) is 12.2 Å². The van der Waals surface area contributed by atoms with E-state index in [-0.39, 0.29) is 19.0 Å². The summed E-state index contributed by atoms with van der Waals surface area (Å²) in [6.07, 6.45) is 35.8. The second-order valence-corrected chi connectivity index (χ2v) is 13.4. The van der Waals surface area contributed by atoms with E-state index in [4.69, 9.17) is 15.6 Å². The maximum absolute atomic E-state index is 12.6. The Labute approximate surface area is 295 Å². The molecule has 0 fully saturated rings. The number of nitrogens with one attached hydrogen (secondary N) is 1. The van der Waals surface area contributed by atoms with Gasteiger partial charge < -0.3 is 26.0 Å². The van der Waals surface area contributed by atoms with E-state index < -0.39 is 18.2 Å².